The monoisotopic (exact) mass is 334 g/mol. The zero-order valence-electron chi connectivity index (χ0n) is 10.9. The van der Waals surface area contributed by atoms with Gasteiger partial charge in [0.2, 0.25) is 0 Å². The first-order valence-corrected chi connectivity index (χ1v) is 7.24. The van der Waals surface area contributed by atoms with Crippen LogP contribution in [0.1, 0.15) is 18.9 Å². The van der Waals surface area contributed by atoms with E-state index < -0.39 is 11.4 Å². The Morgan fingerprint density at radius 1 is 1.15 bits per heavy atom. The standard InChI is InChI=1S/C16H12BrFO2/c1-2-3-9-4-6-12-11-7-5-10(17)8-13(11)16(19)20-15(12)14(9)18/h4-8H,2-3H2,1H3. The van der Waals surface area contributed by atoms with E-state index >= 15 is 0 Å². The molecule has 0 bridgehead atoms. The number of benzene rings is 2. The molecule has 4 heteroatoms. The SMILES string of the molecule is CCCc1ccc2c(oc(=O)c3cc(Br)ccc32)c1F. The summed E-state index contributed by atoms with van der Waals surface area (Å²) in [5.41, 5.74) is 0.122. The summed E-state index contributed by atoms with van der Waals surface area (Å²) in [7, 11) is 0. The third-order valence-electron chi connectivity index (χ3n) is 3.38. The van der Waals surface area contributed by atoms with E-state index in [1.54, 1.807) is 18.2 Å². The molecule has 0 spiro atoms. The lowest BCUT2D eigenvalue weighted by Crippen LogP contribution is -2.02. The summed E-state index contributed by atoms with van der Waals surface area (Å²) in [4.78, 5) is 12.0. The third kappa shape index (κ3) is 2.04. The molecule has 1 aromatic heterocycles. The van der Waals surface area contributed by atoms with Crippen LogP contribution in [-0.4, -0.2) is 0 Å². The predicted molar refractivity (Wildman–Crippen MR) is 81.6 cm³/mol. The van der Waals surface area contributed by atoms with E-state index in [4.69, 9.17) is 4.42 Å². The summed E-state index contributed by atoms with van der Waals surface area (Å²) in [5, 5.41) is 1.79. The molecule has 0 saturated heterocycles. The van der Waals surface area contributed by atoms with Crippen molar-refractivity contribution in [1.82, 2.24) is 0 Å². The van der Waals surface area contributed by atoms with Gasteiger partial charge < -0.3 is 4.42 Å². The van der Waals surface area contributed by atoms with Gasteiger partial charge in [-0.1, -0.05) is 47.5 Å². The minimum absolute atomic E-state index is 0.0516. The van der Waals surface area contributed by atoms with Crippen molar-refractivity contribution < 1.29 is 8.81 Å². The Kier molecular flexibility index (Phi) is 3.34. The number of hydrogen-bond acceptors (Lipinski definition) is 2. The summed E-state index contributed by atoms with van der Waals surface area (Å²) < 4.78 is 20.4. The van der Waals surface area contributed by atoms with Crippen LogP contribution in [0, 0.1) is 5.82 Å². The fourth-order valence-electron chi connectivity index (χ4n) is 2.44. The maximum atomic E-state index is 14.4. The Labute approximate surface area is 123 Å². The molecule has 20 heavy (non-hydrogen) atoms. The van der Waals surface area contributed by atoms with Gasteiger partial charge in [-0.25, -0.2) is 9.18 Å². The summed E-state index contributed by atoms with van der Waals surface area (Å²) in [6, 6.07) is 8.92. The summed E-state index contributed by atoms with van der Waals surface area (Å²) >= 11 is 3.32. The number of hydrogen-bond donors (Lipinski definition) is 0. The average molecular weight is 335 g/mol. The number of aryl methyl sites for hydroxylation is 1. The van der Waals surface area contributed by atoms with Crippen molar-refractivity contribution in [3.05, 3.63) is 56.6 Å². The highest BCUT2D eigenvalue weighted by Crippen LogP contribution is 2.28. The highest BCUT2D eigenvalue weighted by Gasteiger charge is 2.14. The minimum atomic E-state index is -0.513. The van der Waals surface area contributed by atoms with E-state index in [1.165, 1.54) is 0 Å². The van der Waals surface area contributed by atoms with Crippen LogP contribution < -0.4 is 5.63 Å². The molecular formula is C16H12BrFO2. The fourth-order valence-corrected chi connectivity index (χ4v) is 2.80. The first kappa shape index (κ1) is 13.3. The molecule has 2 nitrogen and oxygen atoms in total. The molecule has 102 valence electrons. The van der Waals surface area contributed by atoms with E-state index in [9.17, 15) is 9.18 Å². The van der Waals surface area contributed by atoms with E-state index in [1.807, 2.05) is 19.1 Å². The highest BCUT2D eigenvalue weighted by molar-refractivity contribution is 9.10. The molecule has 3 aromatic rings. The van der Waals surface area contributed by atoms with Crippen LogP contribution in [0.25, 0.3) is 21.7 Å². The molecule has 0 atom stereocenters. The van der Waals surface area contributed by atoms with Gasteiger partial charge in [-0.05, 0) is 24.1 Å². The maximum absolute atomic E-state index is 14.4. The summed E-state index contributed by atoms with van der Waals surface area (Å²) in [6.07, 6.45) is 1.47. The van der Waals surface area contributed by atoms with E-state index in [2.05, 4.69) is 15.9 Å². The van der Waals surface area contributed by atoms with Crippen molar-refractivity contribution in [2.45, 2.75) is 19.8 Å². The highest BCUT2D eigenvalue weighted by atomic mass is 79.9. The Balaban J connectivity index is 2.45. The van der Waals surface area contributed by atoms with Crippen LogP contribution in [0.5, 0.6) is 0 Å². The van der Waals surface area contributed by atoms with Gasteiger partial charge in [-0.2, -0.15) is 0 Å². The predicted octanol–water partition coefficient (Wildman–Crippen LogP) is 4.80. The Hall–Kier alpha value is -1.68. The van der Waals surface area contributed by atoms with Crippen molar-refractivity contribution in [1.29, 1.82) is 0 Å². The van der Waals surface area contributed by atoms with Gasteiger partial charge >= 0.3 is 5.63 Å². The third-order valence-corrected chi connectivity index (χ3v) is 3.88. The van der Waals surface area contributed by atoms with Crippen LogP contribution in [0.4, 0.5) is 4.39 Å². The maximum Gasteiger partial charge on any atom is 0.344 e. The molecule has 3 rings (SSSR count). The van der Waals surface area contributed by atoms with Crippen LogP contribution in [0.3, 0.4) is 0 Å². The molecule has 0 unspecified atom stereocenters. The van der Waals surface area contributed by atoms with Crippen molar-refractivity contribution in [2.75, 3.05) is 0 Å². The molecular weight excluding hydrogens is 323 g/mol. The lowest BCUT2D eigenvalue weighted by molar-refractivity contribution is 0.524. The molecule has 0 aliphatic heterocycles. The first-order valence-electron chi connectivity index (χ1n) is 6.45. The van der Waals surface area contributed by atoms with Crippen LogP contribution in [0.2, 0.25) is 0 Å². The minimum Gasteiger partial charge on any atom is -0.419 e. The van der Waals surface area contributed by atoms with E-state index in [0.29, 0.717) is 28.1 Å². The lowest BCUT2D eigenvalue weighted by Gasteiger charge is -2.07. The van der Waals surface area contributed by atoms with Gasteiger partial charge in [-0.15, -0.1) is 0 Å². The molecule has 0 N–H and O–H groups in total. The number of rotatable bonds is 2. The van der Waals surface area contributed by atoms with Crippen LogP contribution >= 0.6 is 15.9 Å². The smallest absolute Gasteiger partial charge is 0.344 e. The zero-order valence-corrected chi connectivity index (χ0v) is 12.5. The molecule has 0 amide bonds. The van der Waals surface area contributed by atoms with Gasteiger partial charge in [0, 0.05) is 15.2 Å². The molecule has 0 aliphatic rings. The quantitative estimate of drug-likeness (QED) is 0.497. The van der Waals surface area contributed by atoms with Gasteiger partial charge in [0.15, 0.2) is 11.4 Å². The average Bonchev–Trinajstić information content (AvgIpc) is 2.43. The van der Waals surface area contributed by atoms with Crippen LogP contribution in [-0.2, 0) is 6.42 Å². The lowest BCUT2D eigenvalue weighted by atomic mass is 10.0. The Morgan fingerprint density at radius 2 is 1.90 bits per heavy atom. The van der Waals surface area contributed by atoms with Gasteiger partial charge in [0.1, 0.15) is 0 Å². The second-order valence-corrected chi connectivity index (χ2v) is 5.66. The topological polar surface area (TPSA) is 30.2 Å². The zero-order chi connectivity index (χ0) is 14.3. The van der Waals surface area contributed by atoms with Crippen molar-refractivity contribution in [3.63, 3.8) is 0 Å². The molecule has 1 heterocycles. The molecule has 0 fully saturated rings. The number of halogens is 2. The van der Waals surface area contributed by atoms with Gasteiger partial charge in [0.25, 0.3) is 0 Å². The molecule has 0 aliphatic carbocycles. The summed E-state index contributed by atoms with van der Waals surface area (Å²) in [6.45, 7) is 1.98. The summed E-state index contributed by atoms with van der Waals surface area (Å²) in [5.74, 6) is -0.425. The van der Waals surface area contributed by atoms with Crippen molar-refractivity contribution in [3.8, 4) is 0 Å². The first-order chi connectivity index (χ1) is 9.61. The van der Waals surface area contributed by atoms with Gasteiger partial charge in [0.05, 0.1) is 5.39 Å². The molecule has 2 aromatic carbocycles. The number of fused-ring (bicyclic) bond motifs is 3. The normalized spacial score (nSPS) is 11.3. The Morgan fingerprint density at radius 3 is 2.65 bits per heavy atom. The van der Waals surface area contributed by atoms with Crippen molar-refractivity contribution >= 4 is 37.7 Å². The van der Waals surface area contributed by atoms with Crippen molar-refractivity contribution in [2.24, 2.45) is 0 Å². The fraction of sp³-hybridized carbons (Fsp3) is 0.188. The molecule has 0 saturated carbocycles. The van der Waals surface area contributed by atoms with E-state index in [0.717, 1.165) is 10.9 Å². The van der Waals surface area contributed by atoms with E-state index in [-0.39, 0.29) is 5.58 Å². The van der Waals surface area contributed by atoms with Crippen LogP contribution in [0.15, 0.2) is 44.0 Å². The second kappa shape index (κ2) is 5.02. The largest absolute Gasteiger partial charge is 0.419 e. The Bertz CT molecular complexity index is 868. The van der Waals surface area contributed by atoms with Gasteiger partial charge in [-0.3, -0.25) is 0 Å². The molecule has 0 radical (unpaired) electrons. The second-order valence-electron chi connectivity index (χ2n) is 4.74.